The molecule has 92 valence electrons. The second kappa shape index (κ2) is 4.57. The van der Waals surface area contributed by atoms with Gasteiger partial charge in [-0.15, -0.1) is 0 Å². The highest BCUT2D eigenvalue weighted by molar-refractivity contribution is 6.15. The summed E-state index contributed by atoms with van der Waals surface area (Å²) in [4.78, 5) is 24.8. The number of carbonyl (C=O) groups is 1. The Kier molecular flexibility index (Phi) is 2.76. The van der Waals surface area contributed by atoms with Crippen molar-refractivity contribution >= 4 is 16.6 Å². The van der Waals surface area contributed by atoms with Gasteiger partial charge in [0.15, 0.2) is 0 Å². The lowest BCUT2D eigenvalue weighted by Gasteiger charge is -2.05. The summed E-state index contributed by atoms with van der Waals surface area (Å²) < 4.78 is 0. The normalized spacial score (nSPS) is 10.6. The number of benzene rings is 1. The predicted molar refractivity (Wildman–Crippen MR) is 71.9 cm³/mol. The number of hydrogen-bond acceptors (Lipinski definition) is 4. The molecule has 0 unspecified atom stereocenters. The Morgan fingerprint density at radius 2 is 2.00 bits per heavy atom. The Balaban J connectivity index is 2.17. The maximum atomic E-state index is 12.5. The van der Waals surface area contributed by atoms with E-state index in [2.05, 4.69) is 15.0 Å². The van der Waals surface area contributed by atoms with Crippen LogP contribution >= 0.6 is 0 Å². The Hall–Kier alpha value is -2.62. The average molecular weight is 249 g/mol. The molecule has 0 saturated carbocycles. The van der Waals surface area contributed by atoms with Crippen LogP contribution in [0.15, 0.2) is 48.9 Å². The molecule has 0 aliphatic heterocycles. The van der Waals surface area contributed by atoms with Crippen molar-refractivity contribution in [2.75, 3.05) is 0 Å². The number of aromatic nitrogens is 3. The van der Waals surface area contributed by atoms with Crippen molar-refractivity contribution in [2.24, 2.45) is 0 Å². The zero-order chi connectivity index (χ0) is 13.2. The molecule has 0 aliphatic rings. The minimum absolute atomic E-state index is 0.107. The molecular weight excluding hydrogens is 238 g/mol. The number of hydrogen-bond donors (Lipinski definition) is 0. The minimum Gasteiger partial charge on any atom is -0.287 e. The Morgan fingerprint density at radius 3 is 2.84 bits per heavy atom. The van der Waals surface area contributed by atoms with Crippen LogP contribution in [-0.2, 0) is 0 Å². The van der Waals surface area contributed by atoms with E-state index in [-0.39, 0.29) is 5.78 Å². The zero-order valence-corrected chi connectivity index (χ0v) is 10.4. The number of carbonyl (C=O) groups excluding carboxylic acids is 1. The molecule has 0 atom stereocenters. The molecule has 0 amide bonds. The lowest BCUT2D eigenvalue weighted by atomic mass is 10.0. The van der Waals surface area contributed by atoms with Crippen molar-refractivity contribution < 1.29 is 4.79 Å². The number of aryl methyl sites for hydroxylation is 1. The van der Waals surface area contributed by atoms with Crippen LogP contribution in [-0.4, -0.2) is 20.7 Å². The molecule has 3 aromatic rings. The third kappa shape index (κ3) is 2.08. The van der Waals surface area contributed by atoms with Crippen molar-refractivity contribution in [1.29, 1.82) is 0 Å². The number of pyridine rings is 1. The van der Waals surface area contributed by atoms with Gasteiger partial charge >= 0.3 is 0 Å². The molecule has 0 bridgehead atoms. The van der Waals surface area contributed by atoms with E-state index >= 15 is 0 Å². The smallest absolute Gasteiger partial charge is 0.212 e. The lowest BCUT2D eigenvalue weighted by molar-refractivity contribution is 0.103. The van der Waals surface area contributed by atoms with Crippen LogP contribution in [0.5, 0.6) is 0 Å². The fourth-order valence-electron chi connectivity index (χ4n) is 2.03. The quantitative estimate of drug-likeness (QED) is 0.655. The highest BCUT2D eigenvalue weighted by Crippen LogP contribution is 2.19. The van der Waals surface area contributed by atoms with Gasteiger partial charge in [-0.1, -0.05) is 18.2 Å². The van der Waals surface area contributed by atoms with Gasteiger partial charge in [-0.05, 0) is 24.4 Å². The first-order valence-electron chi connectivity index (χ1n) is 5.93. The highest BCUT2D eigenvalue weighted by Gasteiger charge is 2.13. The van der Waals surface area contributed by atoms with Gasteiger partial charge in [-0.3, -0.25) is 9.78 Å². The van der Waals surface area contributed by atoms with E-state index in [1.807, 2.05) is 18.2 Å². The largest absolute Gasteiger partial charge is 0.287 e. The fraction of sp³-hybridized carbons (Fsp3) is 0.0667. The summed E-state index contributed by atoms with van der Waals surface area (Å²) in [5, 5.41) is 1.83. The maximum Gasteiger partial charge on any atom is 0.212 e. The van der Waals surface area contributed by atoms with Gasteiger partial charge in [-0.2, -0.15) is 0 Å². The van der Waals surface area contributed by atoms with E-state index in [0.717, 1.165) is 10.8 Å². The van der Waals surface area contributed by atoms with Crippen LogP contribution in [0.25, 0.3) is 10.8 Å². The van der Waals surface area contributed by atoms with Crippen molar-refractivity contribution in [2.45, 2.75) is 6.92 Å². The molecule has 4 heteroatoms. The number of ketones is 1. The van der Waals surface area contributed by atoms with E-state index < -0.39 is 0 Å². The molecule has 1 aromatic carbocycles. The van der Waals surface area contributed by atoms with E-state index in [9.17, 15) is 4.79 Å². The van der Waals surface area contributed by atoms with Gasteiger partial charge < -0.3 is 0 Å². The van der Waals surface area contributed by atoms with Crippen LogP contribution in [0.3, 0.4) is 0 Å². The first kappa shape index (κ1) is 11.5. The molecule has 4 nitrogen and oxygen atoms in total. The molecule has 2 aromatic heterocycles. The second-order valence-electron chi connectivity index (χ2n) is 4.22. The summed E-state index contributed by atoms with van der Waals surface area (Å²) >= 11 is 0. The van der Waals surface area contributed by atoms with Crippen LogP contribution in [0.2, 0.25) is 0 Å². The third-order valence-corrected chi connectivity index (χ3v) is 2.94. The molecule has 0 saturated heterocycles. The fourth-order valence-corrected chi connectivity index (χ4v) is 2.03. The standard InChI is InChI=1S/C15H11N3O/c1-10-17-8-6-14(18-10)15(19)12-4-2-3-11-5-7-16-9-13(11)12/h2-9H,1H3. The number of fused-ring (bicyclic) bond motifs is 1. The van der Waals surface area contributed by atoms with Crippen molar-refractivity contribution in [1.82, 2.24) is 15.0 Å². The van der Waals surface area contributed by atoms with Crippen LogP contribution in [0.1, 0.15) is 21.9 Å². The topological polar surface area (TPSA) is 55.7 Å². The van der Waals surface area contributed by atoms with E-state index in [1.54, 1.807) is 37.6 Å². The van der Waals surface area contributed by atoms with Crippen LogP contribution < -0.4 is 0 Å². The van der Waals surface area contributed by atoms with Gasteiger partial charge in [0.2, 0.25) is 5.78 Å². The Labute approximate surface area is 110 Å². The first-order valence-corrected chi connectivity index (χ1v) is 5.93. The average Bonchev–Trinajstić information content (AvgIpc) is 2.46. The zero-order valence-electron chi connectivity index (χ0n) is 10.4. The maximum absolute atomic E-state index is 12.5. The summed E-state index contributed by atoms with van der Waals surface area (Å²) in [6.45, 7) is 1.77. The monoisotopic (exact) mass is 249 g/mol. The molecule has 19 heavy (non-hydrogen) atoms. The minimum atomic E-state index is -0.107. The molecular formula is C15H11N3O. The first-order chi connectivity index (χ1) is 9.25. The van der Waals surface area contributed by atoms with Gasteiger partial charge in [-0.25, -0.2) is 9.97 Å². The predicted octanol–water partition coefficient (Wildman–Crippen LogP) is 2.56. The van der Waals surface area contributed by atoms with Gasteiger partial charge in [0.1, 0.15) is 11.5 Å². The summed E-state index contributed by atoms with van der Waals surface area (Å²) in [7, 11) is 0. The van der Waals surface area contributed by atoms with Crippen LogP contribution in [0.4, 0.5) is 0 Å². The molecule has 0 radical (unpaired) electrons. The second-order valence-corrected chi connectivity index (χ2v) is 4.22. The summed E-state index contributed by atoms with van der Waals surface area (Å²) in [6.07, 6.45) is 5.01. The summed E-state index contributed by atoms with van der Waals surface area (Å²) in [6, 6.07) is 9.13. The summed E-state index contributed by atoms with van der Waals surface area (Å²) in [5.74, 6) is 0.480. The number of rotatable bonds is 2. The Morgan fingerprint density at radius 1 is 1.11 bits per heavy atom. The van der Waals surface area contributed by atoms with E-state index in [0.29, 0.717) is 17.1 Å². The SMILES string of the molecule is Cc1nccc(C(=O)c2cccc3ccncc23)n1. The van der Waals surface area contributed by atoms with Gasteiger partial charge in [0, 0.05) is 29.5 Å². The molecule has 0 aliphatic carbocycles. The van der Waals surface area contributed by atoms with Crippen molar-refractivity contribution in [3.8, 4) is 0 Å². The highest BCUT2D eigenvalue weighted by atomic mass is 16.1. The lowest BCUT2D eigenvalue weighted by Crippen LogP contribution is -2.06. The van der Waals surface area contributed by atoms with Crippen molar-refractivity contribution in [3.63, 3.8) is 0 Å². The van der Waals surface area contributed by atoms with E-state index in [1.165, 1.54) is 0 Å². The molecule has 0 fully saturated rings. The van der Waals surface area contributed by atoms with Gasteiger partial charge in [0.25, 0.3) is 0 Å². The Bertz CT molecular complexity index is 763. The molecule has 3 rings (SSSR count). The van der Waals surface area contributed by atoms with E-state index in [4.69, 9.17) is 0 Å². The van der Waals surface area contributed by atoms with Crippen molar-refractivity contribution in [3.05, 3.63) is 66.0 Å². The summed E-state index contributed by atoms with van der Waals surface area (Å²) in [5.41, 5.74) is 1.02. The molecule has 2 heterocycles. The molecule has 0 N–H and O–H groups in total. The van der Waals surface area contributed by atoms with Crippen LogP contribution in [0, 0.1) is 6.92 Å². The number of nitrogens with zero attached hydrogens (tertiary/aromatic N) is 3. The van der Waals surface area contributed by atoms with Gasteiger partial charge in [0.05, 0.1) is 0 Å². The third-order valence-electron chi connectivity index (χ3n) is 2.94. The molecule has 0 spiro atoms.